The van der Waals surface area contributed by atoms with Crippen LogP contribution >= 0.6 is 0 Å². The summed E-state index contributed by atoms with van der Waals surface area (Å²) in [5, 5.41) is 11.8. The van der Waals surface area contributed by atoms with Crippen LogP contribution in [0.5, 0.6) is 0 Å². The molecule has 0 aliphatic heterocycles. The van der Waals surface area contributed by atoms with E-state index in [1.54, 1.807) is 24.3 Å². The number of aliphatic carboxylic acids is 1. The van der Waals surface area contributed by atoms with Crippen molar-refractivity contribution in [2.75, 3.05) is 0 Å². The SMILES string of the molecule is O=C(O)C=Cc1cccc(C(=O)NC(C2CC2)C2CC2)c1. The minimum atomic E-state index is -0.993. The highest BCUT2D eigenvalue weighted by molar-refractivity contribution is 5.95. The zero-order chi connectivity index (χ0) is 14.8. The van der Waals surface area contributed by atoms with Gasteiger partial charge < -0.3 is 10.4 Å². The molecule has 21 heavy (non-hydrogen) atoms. The molecule has 2 fully saturated rings. The summed E-state index contributed by atoms with van der Waals surface area (Å²) >= 11 is 0. The molecule has 2 aliphatic carbocycles. The molecule has 1 aromatic carbocycles. The summed E-state index contributed by atoms with van der Waals surface area (Å²) in [4.78, 5) is 22.9. The van der Waals surface area contributed by atoms with Gasteiger partial charge in [-0.15, -0.1) is 0 Å². The van der Waals surface area contributed by atoms with Gasteiger partial charge in [0.1, 0.15) is 0 Å². The molecule has 0 bridgehead atoms. The lowest BCUT2D eigenvalue weighted by molar-refractivity contribution is -0.131. The Balaban J connectivity index is 1.68. The summed E-state index contributed by atoms with van der Waals surface area (Å²) in [5.74, 6) is 0.282. The molecule has 0 heterocycles. The fourth-order valence-electron chi connectivity index (χ4n) is 2.72. The summed E-state index contributed by atoms with van der Waals surface area (Å²) in [7, 11) is 0. The fraction of sp³-hybridized carbons (Fsp3) is 0.412. The lowest BCUT2D eigenvalue weighted by Crippen LogP contribution is -2.38. The van der Waals surface area contributed by atoms with Crippen LogP contribution in [0.2, 0.25) is 0 Å². The average Bonchev–Trinajstić information content (AvgIpc) is 3.36. The van der Waals surface area contributed by atoms with E-state index in [-0.39, 0.29) is 5.91 Å². The summed E-state index contributed by atoms with van der Waals surface area (Å²) in [6.07, 6.45) is 7.48. The number of nitrogens with one attached hydrogen (secondary N) is 1. The third-order valence-corrected chi connectivity index (χ3v) is 4.12. The number of carbonyl (C=O) groups excluding carboxylic acids is 1. The molecule has 1 aromatic rings. The largest absolute Gasteiger partial charge is 0.478 e. The zero-order valence-electron chi connectivity index (χ0n) is 11.8. The van der Waals surface area contributed by atoms with Crippen molar-refractivity contribution in [3.63, 3.8) is 0 Å². The van der Waals surface area contributed by atoms with E-state index in [0.29, 0.717) is 23.4 Å². The van der Waals surface area contributed by atoms with Gasteiger partial charge in [-0.2, -0.15) is 0 Å². The number of amides is 1. The van der Waals surface area contributed by atoms with Crippen molar-refractivity contribution in [1.29, 1.82) is 0 Å². The molecule has 1 amide bonds. The minimum Gasteiger partial charge on any atom is -0.478 e. The second-order valence-electron chi connectivity index (χ2n) is 5.97. The van der Waals surface area contributed by atoms with E-state index >= 15 is 0 Å². The van der Waals surface area contributed by atoms with Crippen LogP contribution in [0, 0.1) is 11.8 Å². The number of carbonyl (C=O) groups is 2. The van der Waals surface area contributed by atoms with E-state index in [1.165, 1.54) is 31.8 Å². The molecule has 3 rings (SSSR count). The monoisotopic (exact) mass is 285 g/mol. The highest BCUT2D eigenvalue weighted by Gasteiger charge is 2.42. The first kappa shape index (κ1) is 13.9. The Morgan fingerprint density at radius 3 is 2.43 bits per heavy atom. The molecular formula is C17H19NO3. The van der Waals surface area contributed by atoms with Gasteiger partial charge >= 0.3 is 5.97 Å². The average molecular weight is 285 g/mol. The molecule has 2 N–H and O–H groups in total. The molecule has 0 radical (unpaired) electrons. The molecular weight excluding hydrogens is 266 g/mol. The lowest BCUT2D eigenvalue weighted by atomic mass is 10.1. The summed E-state index contributed by atoms with van der Waals surface area (Å²) < 4.78 is 0. The van der Waals surface area contributed by atoms with E-state index in [2.05, 4.69) is 5.32 Å². The Hall–Kier alpha value is -2.10. The molecule has 0 spiro atoms. The molecule has 0 saturated heterocycles. The third kappa shape index (κ3) is 3.72. The number of hydrogen-bond acceptors (Lipinski definition) is 2. The Morgan fingerprint density at radius 1 is 1.19 bits per heavy atom. The van der Waals surface area contributed by atoms with Crippen molar-refractivity contribution in [1.82, 2.24) is 5.32 Å². The number of hydrogen-bond donors (Lipinski definition) is 2. The van der Waals surface area contributed by atoms with Crippen LogP contribution in [0.1, 0.15) is 41.6 Å². The van der Waals surface area contributed by atoms with Crippen LogP contribution in [0.4, 0.5) is 0 Å². The van der Waals surface area contributed by atoms with E-state index in [4.69, 9.17) is 5.11 Å². The molecule has 4 heteroatoms. The molecule has 2 aliphatic rings. The van der Waals surface area contributed by atoms with Crippen LogP contribution in [-0.2, 0) is 4.79 Å². The molecule has 4 nitrogen and oxygen atoms in total. The van der Waals surface area contributed by atoms with Crippen LogP contribution in [-0.4, -0.2) is 23.0 Å². The fourth-order valence-corrected chi connectivity index (χ4v) is 2.72. The van der Waals surface area contributed by atoms with Crippen molar-refractivity contribution in [2.45, 2.75) is 31.7 Å². The number of benzene rings is 1. The standard InChI is InChI=1S/C17H19NO3/c19-15(20)9-4-11-2-1-3-14(10-11)17(21)18-16(12-5-6-12)13-7-8-13/h1-4,9-10,12-13,16H,5-8H2,(H,18,21)(H,19,20). The predicted molar refractivity (Wildman–Crippen MR) is 79.8 cm³/mol. The Kier molecular flexibility index (Phi) is 3.78. The number of rotatable bonds is 6. The first-order valence-electron chi connectivity index (χ1n) is 7.45. The first-order chi connectivity index (χ1) is 10.1. The van der Waals surface area contributed by atoms with Crippen molar-refractivity contribution in [3.05, 3.63) is 41.5 Å². The minimum absolute atomic E-state index is 0.0515. The Labute approximate surface area is 123 Å². The van der Waals surface area contributed by atoms with E-state index in [0.717, 1.165) is 11.6 Å². The summed E-state index contributed by atoms with van der Waals surface area (Å²) in [6, 6.07) is 7.39. The van der Waals surface area contributed by atoms with Crippen molar-refractivity contribution >= 4 is 18.0 Å². The highest BCUT2D eigenvalue weighted by Crippen LogP contribution is 2.44. The maximum absolute atomic E-state index is 12.4. The molecule has 0 aromatic heterocycles. The molecule has 0 unspecified atom stereocenters. The van der Waals surface area contributed by atoms with Crippen LogP contribution in [0.3, 0.4) is 0 Å². The predicted octanol–water partition coefficient (Wildman–Crippen LogP) is 2.70. The number of carboxylic acids is 1. The van der Waals surface area contributed by atoms with E-state index < -0.39 is 5.97 Å². The maximum atomic E-state index is 12.4. The number of carboxylic acid groups (broad SMARTS) is 1. The molecule has 110 valence electrons. The van der Waals surface area contributed by atoms with Gasteiger partial charge in [0, 0.05) is 17.7 Å². The Morgan fingerprint density at radius 2 is 1.86 bits per heavy atom. The van der Waals surface area contributed by atoms with Crippen molar-refractivity contribution < 1.29 is 14.7 Å². The first-order valence-corrected chi connectivity index (χ1v) is 7.45. The van der Waals surface area contributed by atoms with Gasteiger partial charge in [-0.1, -0.05) is 12.1 Å². The van der Waals surface area contributed by atoms with Crippen LogP contribution in [0.25, 0.3) is 6.08 Å². The van der Waals surface area contributed by atoms with E-state index in [1.807, 2.05) is 0 Å². The maximum Gasteiger partial charge on any atom is 0.328 e. The topological polar surface area (TPSA) is 66.4 Å². The summed E-state index contributed by atoms with van der Waals surface area (Å²) in [6.45, 7) is 0. The summed E-state index contributed by atoms with van der Waals surface area (Å²) in [5.41, 5.74) is 1.31. The van der Waals surface area contributed by atoms with Gasteiger partial charge in [-0.3, -0.25) is 4.79 Å². The van der Waals surface area contributed by atoms with Gasteiger partial charge in [0.15, 0.2) is 0 Å². The van der Waals surface area contributed by atoms with Gasteiger partial charge in [-0.25, -0.2) is 4.79 Å². The van der Waals surface area contributed by atoms with Gasteiger partial charge in [0.05, 0.1) is 0 Å². The molecule has 0 atom stereocenters. The Bertz CT molecular complexity index is 573. The third-order valence-electron chi connectivity index (χ3n) is 4.12. The smallest absolute Gasteiger partial charge is 0.328 e. The highest BCUT2D eigenvalue weighted by atomic mass is 16.4. The van der Waals surface area contributed by atoms with Gasteiger partial charge in [0.2, 0.25) is 0 Å². The zero-order valence-corrected chi connectivity index (χ0v) is 11.8. The van der Waals surface area contributed by atoms with Gasteiger partial charge in [-0.05, 0) is 61.3 Å². The van der Waals surface area contributed by atoms with Crippen molar-refractivity contribution in [2.24, 2.45) is 11.8 Å². The molecule has 2 saturated carbocycles. The van der Waals surface area contributed by atoms with Crippen LogP contribution < -0.4 is 5.32 Å². The lowest BCUT2D eigenvalue weighted by Gasteiger charge is -2.17. The van der Waals surface area contributed by atoms with E-state index in [9.17, 15) is 9.59 Å². The van der Waals surface area contributed by atoms with Gasteiger partial charge in [0.25, 0.3) is 5.91 Å². The van der Waals surface area contributed by atoms with Crippen molar-refractivity contribution in [3.8, 4) is 0 Å². The second kappa shape index (κ2) is 5.72. The quantitative estimate of drug-likeness (QED) is 0.790. The van der Waals surface area contributed by atoms with Crippen LogP contribution in [0.15, 0.2) is 30.3 Å². The second-order valence-corrected chi connectivity index (χ2v) is 5.97. The normalized spacial score (nSPS) is 18.1.